The first kappa shape index (κ1) is 56.7. The van der Waals surface area contributed by atoms with E-state index in [-0.39, 0.29) is 11.3 Å². The molecule has 0 aliphatic heterocycles. The predicted molar refractivity (Wildman–Crippen MR) is 245 cm³/mol. The van der Waals surface area contributed by atoms with Crippen molar-refractivity contribution in [3.8, 4) is 0 Å². The molecule has 0 fully saturated rings. The van der Waals surface area contributed by atoms with Crippen LogP contribution in [0.1, 0.15) is 290 Å². The van der Waals surface area contributed by atoms with E-state index in [0.29, 0.717) is 12.3 Å². The number of rotatable bonds is 45. The normalized spacial score (nSPS) is 12.0. The van der Waals surface area contributed by atoms with Gasteiger partial charge >= 0.3 is 0 Å². The maximum atomic E-state index is 11.5. The number of carbonyl (C=O) groups is 1. The minimum Gasteiger partial charge on any atom is -0.328 e. The summed E-state index contributed by atoms with van der Waals surface area (Å²) in [5, 5.41) is 13.6. The largest absolute Gasteiger partial charge is 0.328 e. The lowest BCUT2D eigenvalue weighted by molar-refractivity contribution is -0.742. The van der Waals surface area contributed by atoms with E-state index in [1.165, 1.54) is 263 Å². The second kappa shape index (κ2) is 46.3. The van der Waals surface area contributed by atoms with Crippen molar-refractivity contribution in [2.75, 3.05) is 0 Å². The zero-order valence-corrected chi connectivity index (χ0v) is 38.3. The molecule has 0 spiro atoms. The van der Waals surface area contributed by atoms with Crippen molar-refractivity contribution < 1.29 is 15.1 Å². The molecule has 334 valence electrons. The van der Waals surface area contributed by atoms with Gasteiger partial charge in [0, 0.05) is 12.0 Å². The topological polar surface area (TPSA) is 106 Å². The lowest BCUT2D eigenvalue weighted by atomic mass is 9.72. The van der Waals surface area contributed by atoms with Gasteiger partial charge < -0.3 is 10.9 Å². The van der Waals surface area contributed by atoms with Gasteiger partial charge in [0.05, 0.1) is 0 Å². The Morgan fingerprint density at radius 2 is 0.750 bits per heavy atom. The van der Waals surface area contributed by atoms with E-state index in [1.54, 1.807) is 0 Å². The van der Waals surface area contributed by atoms with Gasteiger partial charge in [-0.05, 0) is 44.1 Å². The summed E-state index contributed by atoms with van der Waals surface area (Å²) in [6, 6.07) is 0. The van der Waals surface area contributed by atoms with Crippen molar-refractivity contribution in [2.45, 2.75) is 296 Å². The van der Waals surface area contributed by atoms with Gasteiger partial charge in [-0.25, -0.2) is 0 Å². The summed E-state index contributed by atoms with van der Waals surface area (Å²) < 4.78 is 0. The van der Waals surface area contributed by atoms with Crippen LogP contribution in [0.3, 0.4) is 0 Å². The molecule has 0 amide bonds. The molecule has 0 saturated heterocycles. The summed E-state index contributed by atoms with van der Waals surface area (Å²) in [7, 11) is 0. The van der Waals surface area contributed by atoms with Gasteiger partial charge in [0.2, 0.25) is 0 Å². The van der Waals surface area contributed by atoms with Gasteiger partial charge in [-0.15, -0.1) is 10.1 Å². The molecule has 6 nitrogen and oxygen atoms in total. The Bertz CT molecular complexity index is 791. The van der Waals surface area contributed by atoms with Crippen molar-refractivity contribution in [3.05, 3.63) is 22.8 Å². The standard InChI is InChI=1S/C50H99NO.HNO3/c1-5-9-12-15-18-21-24-28-33-38-43-48(44-39-34-29-27-30-35-40-45-49(52)8-4)50(51,46-41-36-31-25-22-19-16-13-10-6-2)47-42-37-32-26-23-20-17-14-11-7-3;2-1(3)4/h8,48H,4-7,9-47,51H2,1-3H3;(H,2,3,4). The third kappa shape index (κ3) is 43.7. The van der Waals surface area contributed by atoms with Crippen LogP contribution < -0.4 is 5.73 Å². The molecule has 0 aromatic carbocycles. The highest BCUT2D eigenvalue weighted by Gasteiger charge is 2.33. The van der Waals surface area contributed by atoms with E-state index >= 15 is 0 Å². The van der Waals surface area contributed by atoms with Crippen LogP contribution in [0, 0.1) is 16.0 Å². The second-order valence-electron chi connectivity index (χ2n) is 17.7. The second-order valence-corrected chi connectivity index (χ2v) is 17.7. The third-order valence-corrected chi connectivity index (χ3v) is 12.4. The quantitative estimate of drug-likeness (QED) is 0.0276. The summed E-state index contributed by atoms with van der Waals surface area (Å²) in [5.41, 5.74) is 7.72. The van der Waals surface area contributed by atoms with Gasteiger partial charge in [0.25, 0.3) is 5.09 Å². The minimum absolute atomic E-state index is 0.0390. The SMILES string of the molecule is C=CC(=O)CCCCCCCCCC(CCCCCCCCCCCC)C(N)(CCCCCCCCCCCC)CCCCCCCCCCCC.O=[N+]([O-])O. The molecule has 3 N–H and O–H groups in total. The molecule has 0 saturated carbocycles. The fourth-order valence-corrected chi connectivity index (χ4v) is 8.69. The van der Waals surface area contributed by atoms with Crippen LogP contribution >= 0.6 is 0 Å². The number of hydrogen-bond donors (Lipinski definition) is 2. The van der Waals surface area contributed by atoms with Crippen molar-refractivity contribution in [2.24, 2.45) is 11.7 Å². The Labute approximate surface area is 350 Å². The average molecular weight is 793 g/mol. The zero-order chi connectivity index (χ0) is 41.6. The molecule has 0 aliphatic carbocycles. The van der Waals surface area contributed by atoms with Crippen LogP contribution in [-0.2, 0) is 4.79 Å². The van der Waals surface area contributed by atoms with Crippen molar-refractivity contribution >= 4 is 5.78 Å². The number of allylic oxidation sites excluding steroid dienone is 1. The maximum Gasteiger partial charge on any atom is 0.291 e. The van der Waals surface area contributed by atoms with E-state index in [2.05, 4.69) is 27.4 Å². The van der Waals surface area contributed by atoms with E-state index in [0.717, 1.165) is 6.42 Å². The molecular weight excluding hydrogens is 693 g/mol. The molecule has 0 heterocycles. The van der Waals surface area contributed by atoms with Gasteiger partial charge in [-0.1, -0.05) is 258 Å². The highest BCUT2D eigenvalue weighted by molar-refractivity contribution is 5.88. The van der Waals surface area contributed by atoms with Crippen molar-refractivity contribution in [1.29, 1.82) is 0 Å². The van der Waals surface area contributed by atoms with Gasteiger partial charge in [-0.2, -0.15) is 0 Å². The Morgan fingerprint density at radius 3 is 1.02 bits per heavy atom. The van der Waals surface area contributed by atoms with Crippen LogP contribution in [-0.4, -0.2) is 21.6 Å². The highest BCUT2D eigenvalue weighted by Crippen LogP contribution is 2.36. The summed E-state index contributed by atoms with van der Waals surface area (Å²) in [5.74, 6) is 0.901. The molecule has 0 aromatic heterocycles. The smallest absolute Gasteiger partial charge is 0.291 e. The predicted octanol–water partition coefficient (Wildman–Crippen LogP) is 17.2. The van der Waals surface area contributed by atoms with E-state index in [1.807, 2.05) is 0 Å². The number of hydrogen-bond acceptors (Lipinski definition) is 4. The fourth-order valence-electron chi connectivity index (χ4n) is 8.69. The summed E-state index contributed by atoms with van der Waals surface area (Å²) in [6.07, 6.45) is 58.6. The van der Waals surface area contributed by atoms with E-state index < -0.39 is 5.09 Å². The Hall–Kier alpha value is -1.43. The molecule has 56 heavy (non-hydrogen) atoms. The summed E-state index contributed by atoms with van der Waals surface area (Å²) in [4.78, 5) is 19.9. The number of carbonyl (C=O) groups excluding carboxylic acids is 1. The fraction of sp³-hybridized carbons (Fsp3) is 0.940. The Balaban J connectivity index is 0. The zero-order valence-electron chi connectivity index (χ0n) is 38.3. The van der Waals surface area contributed by atoms with Crippen molar-refractivity contribution in [3.63, 3.8) is 0 Å². The number of nitrogens with zero attached hydrogens (tertiary/aromatic N) is 1. The summed E-state index contributed by atoms with van der Waals surface area (Å²) in [6.45, 7) is 10.6. The maximum absolute atomic E-state index is 11.5. The minimum atomic E-state index is -1.50. The van der Waals surface area contributed by atoms with E-state index in [9.17, 15) is 4.79 Å². The van der Waals surface area contributed by atoms with Crippen LogP contribution in [0.15, 0.2) is 12.7 Å². The number of nitrogens with two attached hydrogens (primary N) is 1. The van der Waals surface area contributed by atoms with Gasteiger partial charge in [-0.3, -0.25) is 4.79 Å². The lowest BCUT2D eigenvalue weighted by Crippen LogP contribution is -2.47. The molecule has 0 aromatic rings. The molecule has 0 rings (SSSR count). The lowest BCUT2D eigenvalue weighted by Gasteiger charge is -2.39. The average Bonchev–Trinajstić information content (AvgIpc) is 3.18. The van der Waals surface area contributed by atoms with E-state index in [4.69, 9.17) is 21.1 Å². The van der Waals surface area contributed by atoms with Gasteiger partial charge in [0.15, 0.2) is 5.78 Å². The molecule has 1 unspecified atom stereocenters. The molecule has 6 heteroatoms. The van der Waals surface area contributed by atoms with Gasteiger partial charge in [0.1, 0.15) is 0 Å². The van der Waals surface area contributed by atoms with Crippen LogP contribution in [0.5, 0.6) is 0 Å². The molecule has 1 atom stereocenters. The first-order chi connectivity index (χ1) is 27.3. The van der Waals surface area contributed by atoms with Crippen LogP contribution in [0.2, 0.25) is 0 Å². The van der Waals surface area contributed by atoms with Crippen LogP contribution in [0.25, 0.3) is 0 Å². The van der Waals surface area contributed by atoms with Crippen molar-refractivity contribution in [1.82, 2.24) is 0 Å². The molecular formula is C50H100N2O4. The monoisotopic (exact) mass is 793 g/mol. The first-order valence-electron chi connectivity index (χ1n) is 25.0. The molecule has 0 aliphatic rings. The number of unbranched alkanes of at least 4 members (excludes halogenated alkanes) is 33. The van der Waals surface area contributed by atoms with Crippen LogP contribution in [0.4, 0.5) is 0 Å². The number of ketones is 1. The third-order valence-electron chi connectivity index (χ3n) is 12.4. The Morgan fingerprint density at radius 1 is 0.518 bits per heavy atom. The Kier molecular flexibility index (Phi) is 46.8. The summed E-state index contributed by atoms with van der Waals surface area (Å²) >= 11 is 0. The molecule has 0 bridgehead atoms. The molecule has 0 radical (unpaired) electrons. The first-order valence-corrected chi connectivity index (χ1v) is 25.0. The highest BCUT2D eigenvalue weighted by atomic mass is 16.9.